The van der Waals surface area contributed by atoms with Crippen molar-refractivity contribution in [2.75, 3.05) is 30.3 Å². The number of amides is 1. The molecular weight excluding hydrogens is 292 g/mol. The van der Waals surface area contributed by atoms with E-state index >= 15 is 0 Å². The van der Waals surface area contributed by atoms with Crippen molar-refractivity contribution in [2.24, 2.45) is 0 Å². The van der Waals surface area contributed by atoms with Crippen molar-refractivity contribution in [3.63, 3.8) is 0 Å². The summed E-state index contributed by atoms with van der Waals surface area (Å²) >= 11 is 0. The lowest BCUT2D eigenvalue weighted by molar-refractivity contribution is -0.116. The van der Waals surface area contributed by atoms with E-state index < -0.39 is 10.0 Å². The number of anilines is 1. The number of sulfonamides is 1. The second kappa shape index (κ2) is 7.99. The average Bonchev–Trinajstić information content (AvgIpc) is 2.45. The average molecular weight is 314 g/mol. The highest BCUT2D eigenvalue weighted by Gasteiger charge is 2.13. The van der Waals surface area contributed by atoms with Crippen LogP contribution in [0.15, 0.2) is 24.3 Å². The maximum atomic E-state index is 11.7. The number of nitrogens with zero attached hydrogens (tertiary/aromatic N) is 1. The number of carbonyl (C=O) groups excluding carboxylic acids is 1. The molecule has 0 bridgehead atoms. The van der Waals surface area contributed by atoms with Gasteiger partial charge in [0.05, 0.1) is 12.4 Å². The van der Waals surface area contributed by atoms with Gasteiger partial charge in [-0.25, -0.2) is 13.1 Å². The zero-order chi connectivity index (χ0) is 15.9. The van der Waals surface area contributed by atoms with E-state index in [0.717, 1.165) is 5.75 Å². The van der Waals surface area contributed by atoms with Crippen LogP contribution >= 0.6 is 0 Å². The molecular formula is C14H22N2O4S. The van der Waals surface area contributed by atoms with Gasteiger partial charge < -0.3 is 9.64 Å². The molecule has 1 aromatic carbocycles. The molecule has 0 aliphatic carbocycles. The van der Waals surface area contributed by atoms with Crippen molar-refractivity contribution in [2.45, 2.75) is 20.8 Å². The second-order valence-corrected chi connectivity index (χ2v) is 6.49. The van der Waals surface area contributed by atoms with Gasteiger partial charge in [0.25, 0.3) is 0 Å². The van der Waals surface area contributed by atoms with Crippen molar-refractivity contribution in [3.8, 4) is 5.75 Å². The fourth-order valence-corrected chi connectivity index (χ4v) is 2.38. The molecule has 7 heteroatoms. The van der Waals surface area contributed by atoms with Gasteiger partial charge in [0.2, 0.25) is 15.9 Å². The zero-order valence-corrected chi connectivity index (χ0v) is 13.4. The fourth-order valence-electron chi connectivity index (χ4n) is 1.77. The predicted octanol–water partition coefficient (Wildman–Crippen LogP) is 1.38. The predicted molar refractivity (Wildman–Crippen MR) is 83.1 cm³/mol. The number of rotatable bonds is 8. The van der Waals surface area contributed by atoms with Crippen molar-refractivity contribution in [1.82, 2.24) is 4.72 Å². The van der Waals surface area contributed by atoms with Gasteiger partial charge in [-0.3, -0.25) is 4.79 Å². The normalized spacial score (nSPS) is 11.2. The van der Waals surface area contributed by atoms with E-state index in [0.29, 0.717) is 12.3 Å². The van der Waals surface area contributed by atoms with Crippen molar-refractivity contribution in [3.05, 3.63) is 24.3 Å². The molecule has 118 valence electrons. The van der Waals surface area contributed by atoms with Gasteiger partial charge >= 0.3 is 0 Å². The fraction of sp³-hybridized carbons (Fsp3) is 0.500. The minimum atomic E-state index is -3.25. The summed E-state index contributed by atoms with van der Waals surface area (Å²) in [6.45, 7) is 5.96. The topological polar surface area (TPSA) is 75.7 Å². The lowest BCUT2D eigenvalue weighted by Crippen LogP contribution is -2.38. The van der Waals surface area contributed by atoms with Crippen molar-refractivity contribution in [1.29, 1.82) is 0 Å². The van der Waals surface area contributed by atoms with Gasteiger partial charge in [-0.05, 0) is 38.1 Å². The summed E-state index contributed by atoms with van der Waals surface area (Å²) in [7, 11) is -3.25. The van der Waals surface area contributed by atoms with Crippen LogP contribution in [0.5, 0.6) is 5.75 Å². The Morgan fingerprint density at radius 3 is 2.33 bits per heavy atom. The molecule has 0 aliphatic heterocycles. The smallest absolute Gasteiger partial charge is 0.223 e. The van der Waals surface area contributed by atoms with Crippen LogP contribution in [0.25, 0.3) is 0 Å². The van der Waals surface area contributed by atoms with Crippen molar-refractivity contribution >= 4 is 21.6 Å². The third-order valence-electron chi connectivity index (χ3n) is 2.88. The van der Waals surface area contributed by atoms with E-state index in [-0.39, 0.29) is 24.7 Å². The first kappa shape index (κ1) is 17.5. The van der Waals surface area contributed by atoms with Crippen LogP contribution < -0.4 is 14.4 Å². The van der Waals surface area contributed by atoms with Crippen LogP contribution in [0.2, 0.25) is 0 Å². The minimum Gasteiger partial charge on any atom is -0.494 e. The van der Waals surface area contributed by atoms with E-state index in [1.165, 1.54) is 11.8 Å². The lowest BCUT2D eigenvalue weighted by atomic mass is 10.2. The number of ether oxygens (including phenoxy) is 1. The standard InChI is InChI=1S/C14H22N2O4S/c1-4-20-14-8-6-13(7-9-14)16(12(3)17)11-10-15-21(18,19)5-2/h6-9,15H,4-5,10-11H2,1-3H3. The molecule has 0 aromatic heterocycles. The number of hydrogen-bond donors (Lipinski definition) is 1. The minimum absolute atomic E-state index is 0.0239. The molecule has 0 radical (unpaired) electrons. The Kier molecular flexibility index (Phi) is 6.64. The first-order valence-electron chi connectivity index (χ1n) is 6.88. The zero-order valence-electron chi connectivity index (χ0n) is 12.6. The summed E-state index contributed by atoms with van der Waals surface area (Å²) in [4.78, 5) is 13.2. The Balaban J connectivity index is 2.71. The van der Waals surface area contributed by atoms with E-state index in [9.17, 15) is 13.2 Å². The molecule has 1 rings (SSSR count). The second-order valence-electron chi connectivity index (χ2n) is 4.40. The largest absolute Gasteiger partial charge is 0.494 e. The van der Waals surface area contributed by atoms with E-state index in [1.807, 2.05) is 6.92 Å². The van der Waals surface area contributed by atoms with Crippen LogP contribution in [-0.2, 0) is 14.8 Å². The molecule has 0 heterocycles. The molecule has 0 fully saturated rings. The number of benzene rings is 1. The molecule has 6 nitrogen and oxygen atoms in total. The summed E-state index contributed by atoms with van der Waals surface area (Å²) in [5.74, 6) is 0.613. The molecule has 1 aromatic rings. The highest BCUT2D eigenvalue weighted by Crippen LogP contribution is 2.19. The monoisotopic (exact) mass is 314 g/mol. The third kappa shape index (κ3) is 5.73. The molecule has 0 unspecified atom stereocenters. The quantitative estimate of drug-likeness (QED) is 0.786. The van der Waals surface area contributed by atoms with Crippen LogP contribution in [0.3, 0.4) is 0 Å². The van der Waals surface area contributed by atoms with E-state index in [2.05, 4.69) is 4.72 Å². The molecule has 0 atom stereocenters. The van der Waals surface area contributed by atoms with E-state index in [4.69, 9.17) is 4.74 Å². The number of carbonyl (C=O) groups is 1. The number of nitrogens with one attached hydrogen (secondary N) is 1. The Labute approximate surface area is 126 Å². The van der Waals surface area contributed by atoms with Crippen molar-refractivity contribution < 1.29 is 17.9 Å². The first-order chi connectivity index (χ1) is 9.89. The Hall–Kier alpha value is -1.60. The maximum absolute atomic E-state index is 11.7. The van der Waals surface area contributed by atoms with Crippen LogP contribution in [0.1, 0.15) is 20.8 Å². The summed E-state index contributed by atoms with van der Waals surface area (Å²) in [5.41, 5.74) is 0.710. The summed E-state index contributed by atoms with van der Waals surface area (Å²) < 4.78 is 30.5. The summed E-state index contributed by atoms with van der Waals surface area (Å²) in [5, 5.41) is 0. The molecule has 1 amide bonds. The van der Waals surface area contributed by atoms with Gasteiger partial charge in [-0.1, -0.05) is 0 Å². The Bertz CT molecular complexity index is 555. The number of hydrogen-bond acceptors (Lipinski definition) is 4. The molecule has 0 saturated carbocycles. The van der Waals surface area contributed by atoms with E-state index in [1.54, 1.807) is 31.2 Å². The van der Waals surface area contributed by atoms with Gasteiger partial charge in [-0.2, -0.15) is 0 Å². The Morgan fingerprint density at radius 2 is 1.86 bits per heavy atom. The highest BCUT2D eigenvalue weighted by atomic mass is 32.2. The van der Waals surface area contributed by atoms with Crippen LogP contribution in [-0.4, -0.2) is 39.8 Å². The molecule has 0 aliphatic rings. The van der Waals surface area contributed by atoms with Gasteiger partial charge in [0.1, 0.15) is 5.75 Å². The Morgan fingerprint density at radius 1 is 1.24 bits per heavy atom. The maximum Gasteiger partial charge on any atom is 0.223 e. The third-order valence-corrected chi connectivity index (χ3v) is 4.28. The summed E-state index contributed by atoms with van der Waals surface area (Å²) in [6.07, 6.45) is 0. The molecule has 0 saturated heterocycles. The van der Waals surface area contributed by atoms with Gasteiger partial charge in [0, 0.05) is 25.7 Å². The molecule has 0 spiro atoms. The van der Waals surface area contributed by atoms with Gasteiger partial charge in [0.15, 0.2) is 0 Å². The van der Waals surface area contributed by atoms with Crippen LogP contribution in [0.4, 0.5) is 5.69 Å². The molecule has 21 heavy (non-hydrogen) atoms. The lowest BCUT2D eigenvalue weighted by Gasteiger charge is -2.21. The summed E-state index contributed by atoms with van der Waals surface area (Å²) in [6, 6.07) is 7.12. The van der Waals surface area contributed by atoms with Gasteiger partial charge in [-0.15, -0.1) is 0 Å². The highest BCUT2D eigenvalue weighted by molar-refractivity contribution is 7.89. The van der Waals surface area contributed by atoms with Crippen LogP contribution in [0, 0.1) is 0 Å². The SMILES string of the molecule is CCOc1ccc(N(CCNS(=O)(=O)CC)C(C)=O)cc1. The first-order valence-corrected chi connectivity index (χ1v) is 8.53. The molecule has 1 N–H and O–H groups in total.